The van der Waals surface area contributed by atoms with Gasteiger partial charge in [-0.3, -0.25) is 0 Å². The number of benzene rings is 8. The first-order valence-electron chi connectivity index (χ1n) is 19.1. The normalized spacial score (nSPS) is 11.9. The molecule has 0 N–H and O–H groups in total. The Labute approximate surface area is 326 Å². The number of fused-ring (bicyclic) bond motifs is 10. The third-order valence-electron chi connectivity index (χ3n) is 11.2. The first-order valence-corrected chi connectivity index (χ1v) is 19.1. The van der Waals surface area contributed by atoms with E-state index in [2.05, 4.69) is 137 Å². The van der Waals surface area contributed by atoms with Crippen molar-refractivity contribution in [2.75, 3.05) is 0 Å². The minimum atomic E-state index is 0.588. The smallest absolute Gasteiger partial charge is 0.164 e. The monoisotopic (exact) mass is 729 g/mol. The molecule has 12 rings (SSSR count). The van der Waals surface area contributed by atoms with Gasteiger partial charge in [-0.2, -0.15) is 0 Å². The molecule has 0 saturated carbocycles. The van der Waals surface area contributed by atoms with Crippen LogP contribution in [0.4, 0.5) is 0 Å². The molecule has 0 spiro atoms. The summed E-state index contributed by atoms with van der Waals surface area (Å²) in [6.07, 6.45) is 0. The number of nitrogens with zero attached hydrogens (tertiary/aromatic N) is 5. The fourth-order valence-corrected chi connectivity index (χ4v) is 8.65. The molecule has 0 atom stereocenters. The molecule has 6 heteroatoms. The second-order valence-electron chi connectivity index (χ2n) is 14.4. The van der Waals surface area contributed by atoms with E-state index < -0.39 is 0 Å². The van der Waals surface area contributed by atoms with Crippen LogP contribution in [-0.4, -0.2) is 24.1 Å². The van der Waals surface area contributed by atoms with Crippen molar-refractivity contribution in [3.8, 4) is 45.5 Å². The molecule has 8 aromatic carbocycles. The maximum Gasteiger partial charge on any atom is 0.164 e. The van der Waals surface area contributed by atoms with Gasteiger partial charge in [0, 0.05) is 54.7 Å². The summed E-state index contributed by atoms with van der Waals surface area (Å²) < 4.78 is 11.8. The molecule has 0 amide bonds. The third kappa shape index (κ3) is 4.81. The van der Waals surface area contributed by atoms with E-state index in [1.807, 2.05) is 60.7 Å². The lowest BCUT2D eigenvalue weighted by Gasteiger charge is -2.10. The van der Waals surface area contributed by atoms with Crippen molar-refractivity contribution >= 4 is 65.6 Å². The number of hydrogen-bond donors (Lipinski definition) is 0. The molecule has 0 aliphatic carbocycles. The van der Waals surface area contributed by atoms with Gasteiger partial charge in [0.1, 0.15) is 5.58 Å². The van der Waals surface area contributed by atoms with Gasteiger partial charge < -0.3 is 13.6 Å². The van der Waals surface area contributed by atoms with Gasteiger partial charge in [0.15, 0.2) is 23.1 Å². The maximum atomic E-state index is 6.97. The Balaban J connectivity index is 1.11. The second-order valence-corrected chi connectivity index (χ2v) is 14.4. The first kappa shape index (κ1) is 31.5. The highest BCUT2D eigenvalue weighted by molar-refractivity contribution is 6.26. The van der Waals surface area contributed by atoms with Crippen LogP contribution in [0.25, 0.3) is 111 Å². The van der Waals surface area contributed by atoms with Crippen LogP contribution in [0.1, 0.15) is 0 Å². The fraction of sp³-hybridized carbons (Fsp3) is 0. The van der Waals surface area contributed by atoms with Crippen molar-refractivity contribution in [2.24, 2.45) is 0 Å². The Morgan fingerprint density at radius 3 is 1.63 bits per heavy atom. The van der Waals surface area contributed by atoms with E-state index in [0.29, 0.717) is 17.5 Å². The number of hydrogen-bond acceptors (Lipinski definition) is 4. The van der Waals surface area contributed by atoms with Crippen molar-refractivity contribution in [3.05, 3.63) is 188 Å². The minimum absolute atomic E-state index is 0.588. The van der Waals surface area contributed by atoms with E-state index in [-0.39, 0.29) is 0 Å². The van der Waals surface area contributed by atoms with Gasteiger partial charge in [0.2, 0.25) is 0 Å². The molecule has 0 aliphatic rings. The van der Waals surface area contributed by atoms with Gasteiger partial charge >= 0.3 is 0 Å². The van der Waals surface area contributed by atoms with Crippen molar-refractivity contribution in [1.82, 2.24) is 24.1 Å². The van der Waals surface area contributed by atoms with Gasteiger partial charge in [0.05, 0.1) is 27.8 Å². The molecule has 0 bridgehead atoms. The SMILES string of the molecule is c1ccc(-c2nc(-c3ccccc3)nc(-c3ccc4c(c3)oc3c(-n5c6ccccc6c6ccc7c(c8ccccc8n7-c7ccccc7)c65)cccc34)n2)cc1. The predicted octanol–water partition coefficient (Wildman–Crippen LogP) is 13.0. The Kier molecular flexibility index (Phi) is 6.83. The van der Waals surface area contributed by atoms with Crippen LogP contribution < -0.4 is 0 Å². The van der Waals surface area contributed by atoms with Gasteiger partial charge in [-0.1, -0.05) is 140 Å². The summed E-state index contributed by atoms with van der Waals surface area (Å²) in [5.74, 6) is 1.83. The summed E-state index contributed by atoms with van der Waals surface area (Å²) in [6.45, 7) is 0. The summed E-state index contributed by atoms with van der Waals surface area (Å²) in [5, 5.41) is 6.88. The Bertz CT molecular complexity index is 3450. The summed E-state index contributed by atoms with van der Waals surface area (Å²) in [7, 11) is 0. The zero-order valence-corrected chi connectivity index (χ0v) is 30.5. The lowest BCUT2D eigenvalue weighted by Crippen LogP contribution is -2.00. The molecule has 266 valence electrons. The van der Waals surface area contributed by atoms with Crippen LogP contribution in [0.3, 0.4) is 0 Å². The van der Waals surface area contributed by atoms with Crippen LogP contribution in [0.5, 0.6) is 0 Å². The van der Waals surface area contributed by atoms with Crippen LogP contribution in [0.15, 0.2) is 192 Å². The predicted molar refractivity (Wildman–Crippen MR) is 232 cm³/mol. The molecule has 0 aliphatic heterocycles. The van der Waals surface area contributed by atoms with E-state index in [1.54, 1.807) is 0 Å². The summed E-state index contributed by atoms with van der Waals surface area (Å²) in [5.41, 5.74) is 11.0. The first-order chi connectivity index (χ1) is 28.3. The van der Waals surface area contributed by atoms with Crippen LogP contribution in [-0.2, 0) is 0 Å². The molecule has 6 nitrogen and oxygen atoms in total. The second kappa shape index (κ2) is 12.3. The highest BCUT2D eigenvalue weighted by atomic mass is 16.3. The Morgan fingerprint density at radius 2 is 0.930 bits per heavy atom. The molecule has 0 radical (unpaired) electrons. The van der Waals surface area contributed by atoms with E-state index in [9.17, 15) is 0 Å². The third-order valence-corrected chi connectivity index (χ3v) is 11.2. The molecule has 4 heterocycles. The quantitative estimate of drug-likeness (QED) is 0.177. The lowest BCUT2D eigenvalue weighted by atomic mass is 10.1. The maximum absolute atomic E-state index is 6.97. The van der Waals surface area contributed by atoms with Crippen LogP contribution >= 0.6 is 0 Å². The topological polar surface area (TPSA) is 61.7 Å². The number of rotatable bonds is 5. The largest absolute Gasteiger partial charge is 0.454 e. The van der Waals surface area contributed by atoms with Crippen LogP contribution in [0.2, 0.25) is 0 Å². The number of para-hydroxylation sites is 4. The Morgan fingerprint density at radius 1 is 0.368 bits per heavy atom. The zero-order valence-electron chi connectivity index (χ0n) is 30.5. The molecule has 4 aromatic heterocycles. The van der Waals surface area contributed by atoms with Crippen molar-refractivity contribution < 1.29 is 4.42 Å². The number of furan rings is 1. The molecule has 57 heavy (non-hydrogen) atoms. The van der Waals surface area contributed by atoms with Gasteiger partial charge in [0.25, 0.3) is 0 Å². The van der Waals surface area contributed by atoms with Gasteiger partial charge in [-0.05, 0) is 48.5 Å². The summed E-state index contributed by atoms with van der Waals surface area (Å²) in [6, 6.07) is 65.5. The average molecular weight is 730 g/mol. The van der Waals surface area contributed by atoms with Crippen molar-refractivity contribution in [2.45, 2.75) is 0 Å². The molecular weight excluding hydrogens is 699 g/mol. The van der Waals surface area contributed by atoms with E-state index >= 15 is 0 Å². The van der Waals surface area contributed by atoms with E-state index in [0.717, 1.165) is 66.6 Å². The summed E-state index contributed by atoms with van der Waals surface area (Å²) in [4.78, 5) is 14.9. The lowest BCUT2D eigenvalue weighted by molar-refractivity contribution is 0.666. The van der Waals surface area contributed by atoms with Gasteiger partial charge in [-0.25, -0.2) is 15.0 Å². The fourth-order valence-electron chi connectivity index (χ4n) is 8.65. The zero-order chi connectivity index (χ0) is 37.5. The van der Waals surface area contributed by atoms with Crippen molar-refractivity contribution in [3.63, 3.8) is 0 Å². The number of aromatic nitrogens is 5. The highest BCUT2D eigenvalue weighted by Crippen LogP contribution is 2.44. The molecule has 0 unspecified atom stereocenters. The van der Waals surface area contributed by atoms with E-state index in [4.69, 9.17) is 19.4 Å². The van der Waals surface area contributed by atoms with Gasteiger partial charge in [-0.15, -0.1) is 0 Å². The Hall–Kier alpha value is -7.83. The van der Waals surface area contributed by atoms with Crippen LogP contribution in [0, 0.1) is 0 Å². The summed E-state index contributed by atoms with van der Waals surface area (Å²) >= 11 is 0. The molecule has 0 saturated heterocycles. The standard InChI is InChI=1S/C51H31N5O/c1-4-15-32(16-5-1)49-52-50(33-17-6-2-7-18-33)54-51(53-49)34-27-28-37-39-23-14-26-44(48(39)57-45(37)31-34)56-41-24-12-10-21-36(41)38-29-30-43-46(47(38)56)40-22-11-13-25-42(40)55(43)35-19-8-3-9-20-35/h1-31H. The minimum Gasteiger partial charge on any atom is -0.454 e. The highest BCUT2D eigenvalue weighted by Gasteiger charge is 2.23. The molecular formula is C51H31N5O. The molecule has 12 aromatic rings. The van der Waals surface area contributed by atoms with Crippen molar-refractivity contribution in [1.29, 1.82) is 0 Å². The van der Waals surface area contributed by atoms with E-state index in [1.165, 1.54) is 27.1 Å². The average Bonchev–Trinajstić information content (AvgIpc) is 3.94. The molecule has 0 fully saturated rings.